The van der Waals surface area contributed by atoms with Gasteiger partial charge in [0.2, 0.25) is 0 Å². The maximum Gasteiger partial charge on any atom is 0.191 e. The molecule has 3 aromatic rings. The molecule has 0 amide bonds. The van der Waals surface area contributed by atoms with Gasteiger partial charge in [0.05, 0.1) is 6.61 Å². The number of aldehydes is 1. The Hall–Kier alpha value is -2.65. The standard InChI is InChI=1S/C32H38O6Si/c1-29(2,3)39-38-32(24-17-11-7-12-18-24,25-19-13-8-14-20-25)31(22-33)27(34-21-23-15-9-6-10-16-23)26-28(37-31)36-30(4,5)35-26/h6-20,22,26-28H,21,39H2,1-5H3. The van der Waals surface area contributed by atoms with Crippen LogP contribution in [0.1, 0.15) is 51.3 Å². The fourth-order valence-electron chi connectivity index (χ4n) is 5.56. The van der Waals surface area contributed by atoms with E-state index in [2.05, 4.69) is 20.8 Å². The molecule has 6 nitrogen and oxygen atoms in total. The first-order valence-electron chi connectivity index (χ1n) is 13.5. The lowest BCUT2D eigenvalue weighted by molar-refractivity contribution is -0.264. The van der Waals surface area contributed by atoms with E-state index in [0.29, 0.717) is 0 Å². The molecule has 2 heterocycles. The first kappa shape index (κ1) is 27.9. The zero-order chi connectivity index (χ0) is 27.7. The average molecular weight is 547 g/mol. The number of rotatable bonds is 9. The Labute approximate surface area is 233 Å². The van der Waals surface area contributed by atoms with Crippen molar-refractivity contribution >= 4 is 16.0 Å². The Balaban J connectivity index is 1.72. The maximum atomic E-state index is 13.7. The van der Waals surface area contributed by atoms with E-state index < -0.39 is 45.3 Å². The van der Waals surface area contributed by atoms with E-state index >= 15 is 0 Å². The van der Waals surface area contributed by atoms with Gasteiger partial charge in [0, 0.05) is 0 Å². The van der Waals surface area contributed by atoms with Crippen LogP contribution in [0, 0.1) is 0 Å². The largest absolute Gasteiger partial charge is 0.407 e. The highest BCUT2D eigenvalue weighted by Gasteiger charge is 2.72. The van der Waals surface area contributed by atoms with Crippen LogP contribution >= 0.6 is 0 Å². The van der Waals surface area contributed by atoms with Crippen molar-refractivity contribution < 1.29 is 28.2 Å². The number of carbonyl (C=O) groups excluding carboxylic acids is 1. The summed E-state index contributed by atoms with van der Waals surface area (Å²) in [5.41, 5.74) is -0.303. The normalized spacial score (nSPS) is 26.6. The van der Waals surface area contributed by atoms with Gasteiger partial charge in [-0.2, -0.15) is 0 Å². The zero-order valence-corrected chi connectivity index (χ0v) is 24.7. The fraction of sp³-hybridized carbons (Fsp3) is 0.406. The van der Waals surface area contributed by atoms with Gasteiger partial charge in [-0.1, -0.05) is 112 Å². The lowest BCUT2D eigenvalue weighted by Crippen LogP contribution is -2.64. The highest BCUT2D eigenvalue weighted by atomic mass is 28.2. The van der Waals surface area contributed by atoms with Crippen LogP contribution in [-0.2, 0) is 40.4 Å². The highest BCUT2D eigenvalue weighted by molar-refractivity contribution is 6.32. The first-order valence-corrected chi connectivity index (χ1v) is 14.8. The number of carbonyl (C=O) groups is 1. The van der Waals surface area contributed by atoms with Crippen LogP contribution in [0.15, 0.2) is 91.0 Å². The molecular weight excluding hydrogens is 508 g/mol. The Morgan fingerprint density at radius 1 is 0.821 bits per heavy atom. The number of fused-ring (bicyclic) bond motifs is 1. The second-order valence-corrected chi connectivity index (χ2v) is 14.7. The molecule has 0 radical (unpaired) electrons. The third-order valence-electron chi connectivity index (χ3n) is 7.20. The van der Waals surface area contributed by atoms with Gasteiger partial charge in [0.1, 0.15) is 17.8 Å². The van der Waals surface area contributed by atoms with Gasteiger partial charge in [-0.3, -0.25) is 4.79 Å². The van der Waals surface area contributed by atoms with Crippen molar-refractivity contribution in [2.75, 3.05) is 0 Å². The third-order valence-corrected chi connectivity index (χ3v) is 8.64. The van der Waals surface area contributed by atoms with E-state index in [1.807, 2.05) is 105 Å². The molecule has 2 aliphatic rings. The summed E-state index contributed by atoms with van der Waals surface area (Å²) < 4.78 is 33.1. The quantitative estimate of drug-likeness (QED) is 0.269. The molecule has 3 aromatic carbocycles. The van der Waals surface area contributed by atoms with Gasteiger partial charge in [0.15, 0.2) is 33.7 Å². The summed E-state index contributed by atoms with van der Waals surface area (Å²) in [5.74, 6) is -0.887. The second kappa shape index (κ2) is 10.7. The van der Waals surface area contributed by atoms with Crippen molar-refractivity contribution in [3.8, 4) is 0 Å². The number of benzene rings is 3. The monoisotopic (exact) mass is 546 g/mol. The second-order valence-electron chi connectivity index (χ2n) is 12.0. The van der Waals surface area contributed by atoms with Crippen molar-refractivity contribution in [1.82, 2.24) is 0 Å². The summed E-state index contributed by atoms with van der Waals surface area (Å²) in [4.78, 5) is 13.7. The van der Waals surface area contributed by atoms with Gasteiger partial charge in [-0.25, -0.2) is 0 Å². The minimum Gasteiger partial charge on any atom is -0.407 e. The number of ether oxygens (including phenoxy) is 4. The average Bonchev–Trinajstić information content (AvgIpc) is 3.38. The molecule has 0 bridgehead atoms. The van der Waals surface area contributed by atoms with Crippen LogP contribution in [-0.4, -0.2) is 45.9 Å². The molecule has 0 aromatic heterocycles. The van der Waals surface area contributed by atoms with Crippen LogP contribution in [0.3, 0.4) is 0 Å². The summed E-state index contributed by atoms with van der Waals surface area (Å²) in [6.45, 7) is 10.4. The summed E-state index contributed by atoms with van der Waals surface area (Å²) in [6.07, 6.45) is -1.41. The van der Waals surface area contributed by atoms with Crippen molar-refractivity contribution in [3.05, 3.63) is 108 Å². The molecule has 2 aliphatic heterocycles. The lowest BCUT2D eigenvalue weighted by Gasteiger charge is -2.49. The third kappa shape index (κ3) is 5.27. The zero-order valence-electron chi connectivity index (χ0n) is 23.3. The van der Waals surface area contributed by atoms with E-state index in [1.54, 1.807) is 0 Å². The molecule has 39 heavy (non-hydrogen) atoms. The smallest absolute Gasteiger partial charge is 0.191 e. The Kier molecular flexibility index (Phi) is 7.67. The Morgan fingerprint density at radius 3 is 1.87 bits per heavy atom. The highest BCUT2D eigenvalue weighted by Crippen LogP contribution is 2.55. The molecule has 0 saturated carbocycles. The fourth-order valence-corrected chi connectivity index (χ4v) is 6.77. The molecule has 2 fully saturated rings. The van der Waals surface area contributed by atoms with Gasteiger partial charge < -0.3 is 23.4 Å². The molecule has 0 spiro atoms. The number of hydrogen-bond acceptors (Lipinski definition) is 6. The molecule has 0 N–H and O–H groups in total. The molecule has 7 heteroatoms. The van der Waals surface area contributed by atoms with Crippen molar-refractivity contribution in [2.45, 2.75) is 81.8 Å². The van der Waals surface area contributed by atoms with Crippen LogP contribution in [0.2, 0.25) is 5.04 Å². The topological polar surface area (TPSA) is 63.2 Å². The van der Waals surface area contributed by atoms with E-state index in [-0.39, 0.29) is 11.6 Å². The molecule has 206 valence electrons. The van der Waals surface area contributed by atoms with Crippen molar-refractivity contribution in [3.63, 3.8) is 0 Å². The Morgan fingerprint density at radius 2 is 1.36 bits per heavy atom. The van der Waals surface area contributed by atoms with Crippen molar-refractivity contribution in [1.29, 1.82) is 0 Å². The summed E-state index contributed by atoms with van der Waals surface area (Å²) in [5, 5.41) is -0.0667. The molecule has 4 atom stereocenters. The molecule has 2 saturated heterocycles. The molecule has 5 rings (SSSR count). The maximum absolute atomic E-state index is 13.7. The summed E-state index contributed by atoms with van der Waals surface area (Å²) in [6, 6.07) is 29.6. The van der Waals surface area contributed by atoms with E-state index in [0.717, 1.165) is 23.0 Å². The van der Waals surface area contributed by atoms with Gasteiger partial charge in [-0.15, -0.1) is 0 Å². The van der Waals surface area contributed by atoms with Gasteiger partial charge in [0.25, 0.3) is 0 Å². The minimum absolute atomic E-state index is 0.0667. The predicted molar refractivity (Wildman–Crippen MR) is 152 cm³/mol. The minimum atomic E-state index is -1.60. The van der Waals surface area contributed by atoms with Gasteiger partial charge >= 0.3 is 0 Å². The van der Waals surface area contributed by atoms with E-state index in [9.17, 15) is 4.79 Å². The number of hydrogen-bond donors (Lipinski definition) is 0. The van der Waals surface area contributed by atoms with Crippen molar-refractivity contribution in [2.24, 2.45) is 0 Å². The SMILES string of the molecule is CC1(C)OC2OC(C=O)(C(O[SiH2]C(C)(C)C)(c3ccccc3)c3ccccc3)C(OCc3ccccc3)C2O1. The molecule has 0 aliphatic carbocycles. The summed E-state index contributed by atoms with van der Waals surface area (Å²) >= 11 is 0. The molecular formula is C32H38O6Si. The Bertz CT molecular complexity index is 1200. The van der Waals surface area contributed by atoms with E-state index in [4.69, 9.17) is 23.4 Å². The predicted octanol–water partition coefficient (Wildman–Crippen LogP) is 5.28. The van der Waals surface area contributed by atoms with E-state index in [1.165, 1.54) is 0 Å². The van der Waals surface area contributed by atoms with Crippen LogP contribution in [0.25, 0.3) is 0 Å². The van der Waals surface area contributed by atoms with Crippen LogP contribution in [0.4, 0.5) is 0 Å². The lowest BCUT2D eigenvalue weighted by atomic mass is 9.70. The van der Waals surface area contributed by atoms with Gasteiger partial charge in [-0.05, 0) is 35.6 Å². The first-order chi connectivity index (χ1) is 18.6. The van der Waals surface area contributed by atoms with Crippen LogP contribution < -0.4 is 0 Å². The molecule has 4 unspecified atom stereocenters. The van der Waals surface area contributed by atoms with Crippen LogP contribution in [0.5, 0.6) is 0 Å². The summed E-state index contributed by atoms with van der Waals surface area (Å²) in [7, 11) is -1.23.